The number of thioether (sulfide) groups is 1. The largest absolute Gasteiger partial charge is 0.285 e. The van der Waals surface area contributed by atoms with Gasteiger partial charge in [-0.15, -0.1) is 22.0 Å². The van der Waals surface area contributed by atoms with Crippen molar-refractivity contribution in [3.8, 4) is 0 Å². The topological polar surface area (TPSA) is 46.0 Å². The van der Waals surface area contributed by atoms with Crippen LogP contribution < -0.4 is 0 Å². The van der Waals surface area contributed by atoms with Gasteiger partial charge in [-0.3, -0.25) is 5.10 Å². The third-order valence-electron chi connectivity index (χ3n) is 3.47. The number of H-pyrrole nitrogens is 1. The summed E-state index contributed by atoms with van der Waals surface area (Å²) in [6.07, 6.45) is 7.55. The Bertz CT molecular complexity index is 515. The molecule has 0 saturated carbocycles. The molecular weight excluding hydrogens is 268 g/mol. The summed E-state index contributed by atoms with van der Waals surface area (Å²) >= 11 is 1.81. The lowest BCUT2D eigenvalue weighted by molar-refractivity contribution is 0.517. The Morgan fingerprint density at radius 3 is 2.75 bits per heavy atom. The summed E-state index contributed by atoms with van der Waals surface area (Å²) in [5, 5.41) is 13.0. The minimum absolute atomic E-state index is 0.833. The van der Waals surface area contributed by atoms with Gasteiger partial charge in [-0.1, -0.05) is 46.5 Å². The van der Waals surface area contributed by atoms with Crippen LogP contribution in [0.3, 0.4) is 0 Å². The van der Waals surface area contributed by atoms with Crippen molar-refractivity contribution in [3.63, 3.8) is 0 Å². The number of nitrogens with one attached hydrogen (secondary N) is 1. The average molecular weight is 294 g/mol. The number of aromatic nitrogens is 4. The maximum absolute atomic E-state index is 4.28. The fourth-order valence-electron chi connectivity index (χ4n) is 2.39. The van der Waals surface area contributed by atoms with E-state index in [-0.39, 0.29) is 0 Å². The second-order valence-corrected chi connectivity index (χ2v) is 7.02. The molecule has 1 N–H and O–H groups in total. The van der Waals surface area contributed by atoms with Crippen LogP contribution in [0.5, 0.6) is 0 Å². The van der Waals surface area contributed by atoms with Crippen LogP contribution >= 0.6 is 11.8 Å². The zero-order valence-corrected chi connectivity index (χ0v) is 13.7. The molecular formula is C15H26N4S. The zero-order valence-electron chi connectivity index (χ0n) is 12.9. The number of hydrogen-bond donors (Lipinski definition) is 1. The van der Waals surface area contributed by atoms with Gasteiger partial charge in [-0.25, -0.2) is 4.52 Å². The lowest BCUT2D eigenvalue weighted by atomic mass is 10.0. The van der Waals surface area contributed by atoms with Gasteiger partial charge < -0.3 is 0 Å². The van der Waals surface area contributed by atoms with Crippen molar-refractivity contribution in [2.75, 3.05) is 5.75 Å². The van der Waals surface area contributed by atoms with E-state index in [1.165, 1.54) is 37.1 Å². The van der Waals surface area contributed by atoms with Crippen LogP contribution in [0.25, 0.3) is 5.65 Å². The van der Waals surface area contributed by atoms with E-state index in [4.69, 9.17) is 0 Å². The SMILES string of the molecule is CCSc1cc2nnc(CCCCCCC(C)C)n2[nH]1. The summed E-state index contributed by atoms with van der Waals surface area (Å²) in [5.41, 5.74) is 0.941. The van der Waals surface area contributed by atoms with Gasteiger partial charge in [-0.05, 0) is 18.1 Å². The standard InChI is InChI=1S/C15H26N4S/c1-4-20-15-11-14-17-16-13(19(14)18-15)10-8-6-5-7-9-12(2)3/h11-12,18H,4-10H2,1-3H3. The van der Waals surface area contributed by atoms with Crippen molar-refractivity contribution in [2.45, 2.75) is 64.3 Å². The molecule has 0 atom stereocenters. The molecule has 0 radical (unpaired) electrons. The molecule has 5 heteroatoms. The molecule has 0 spiro atoms. The van der Waals surface area contributed by atoms with Crippen LogP contribution in [0, 0.1) is 5.92 Å². The Hall–Kier alpha value is -0.970. The van der Waals surface area contributed by atoms with Crippen molar-refractivity contribution in [3.05, 3.63) is 11.9 Å². The fraction of sp³-hybridized carbons (Fsp3) is 0.733. The van der Waals surface area contributed by atoms with E-state index in [0.29, 0.717) is 0 Å². The Morgan fingerprint density at radius 2 is 2.00 bits per heavy atom. The van der Waals surface area contributed by atoms with Gasteiger partial charge in [0.1, 0.15) is 0 Å². The normalized spacial score (nSPS) is 11.8. The van der Waals surface area contributed by atoms with Crippen molar-refractivity contribution in [1.29, 1.82) is 0 Å². The van der Waals surface area contributed by atoms with Gasteiger partial charge in [0.05, 0.1) is 5.03 Å². The molecule has 0 bridgehead atoms. The summed E-state index contributed by atoms with van der Waals surface area (Å²) < 4.78 is 2.03. The quantitative estimate of drug-likeness (QED) is 0.553. The fourth-order valence-corrected chi connectivity index (χ4v) is 3.04. The van der Waals surface area contributed by atoms with E-state index >= 15 is 0 Å². The average Bonchev–Trinajstić information content (AvgIpc) is 2.94. The molecule has 2 aromatic heterocycles. The van der Waals surface area contributed by atoms with Crippen molar-refractivity contribution in [1.82, 2.24) is 19.8 Å². The van der Waals surface area contributed by atoms with E-state index < -0.39 is 0 Å². The highest BCUT2D eigenvalue weighted by atomic mass is 32.2. The van der Waals surface area contributed by atoms with Crippen LogP contribution in [-0.4, -0.2) is 25.6 Å². The number of unbranched alkanes of at least 4 members (excludes halogenated alkanes) is 3. The van der Waals surface area contributed by atoms with Crippen LogP contribution in [0.15, 0.2) is 11.1 Å². The number of aromatic amines is 1. The number of fused-ring (bicyclic) bond motifs is 1. The van der Waals surface area contributed by atoms with Crippen LogP contribution in [0.1, 0.15) is 58.7 Å². The third kappa shape index (κ3) is 4.27. The molecule has 0 amide bonds. The smallest absolute Gasteiger partial charge is 0.178 e. The maximum Gasteiger partial charge on any atom is 0.178 e. The molecule has 0 aliphatic rings. The second-order valence-electron chi connectivity index (χ2n) is 5.71. The van der Waals surface area contributed by atoms with Gasteiger partial charge in [0, 0.05) is 12.5 Å². The van der Waals surface area contributed by atoms with E-state index in [0.717, 1.165) is 29.6 Å². The first-order valence-electron chi connectivity index (χ1n) is 7.76. The zero-order chi connectivity index (χ0) is 14.4. The maximum atomic E-state index is 4.28. The monoisotopic (exact) mass is 294 g/mol. The third-order valence-corrected chi connectivity index (χ3v) is 4.28. The number of nitrogens with zero attached hydrogens (tertiary/aromatic N) is 3. The number of hydrogen-bond acceptors (Lipinski definition) is 3. The first-order chi connectivity index (χ1) is 9.70. The van der Waals surface area contributed by atoms with Gasteiger partial charge in [-0.2, -0.15) is 0 Å². The van der Waals surface area contributed by atoms with E-state index in [1.807, 2.05) is 16.3 Å². The van der Waals surface area contributed by atoms with Crippen LogP contribution in [0.2, 0.25) is 0 Å². The minimum atomic E-state index is 0.833. The number of rotatable bonds is 9. The van der Waals surface area contributed by atoms with E-state index in [9.17, 15) is 0 Å². The Labute approximate surface area is 125 Å². The van der Waals surface area contributed by atoms with Crippen molar-refractivity contribution in [2.24, 2.45) is 5.92 Å². The summed E-state index contributed by atoms with van der Waals surface area (Å²) in [6, 6.07) is 2.08. The first kappa shape index (κ1) is 15.4. The highest BCUT2D eigenvalue weighted by Gasteiger charge is 2.08. The summed E-state index contributed by atoms with van der Waals surface area (Å²) in [5.74, 6) is 2.97. The molecule has 0 fully saturated rings. The molecule has 2 heterocycles. The highest BCUT2D eigenvalue weighted by molar-refractivity contribution is 7.99. The predicted molar refractivity (Wildman–Crippen MR) is 85.4 cm³/mol. The van der Waals surface area contributed by atoms with E-state index in [1.54, 1.807) is 0 Å². The van der Waals surface area contributed by atoms with Crippen LogP contribution in [-0.2, 0) is 6.42 Å². The first-order valence-corrected chi connectivity index (χ1v) is 8.75. The molecule has 0 aliphatic carbocycles. The molecule has 0 saturated heterocycles. The molecule has 0 unspecified atom stereocenters. The van der Waals surface area contributed by atoms with Crippen molar-refractivity contribution < 1.29 is 0 Å². The molecule has 0 aromatic carbocycles. The Morgan fingerprint density at radius 1 is 1.20 bits per heavy atom. The summed E-state index contributed by atoms with van der Waals surface area (Å²) in [4.78, 5) is 0. The van der Waals surface area contributed by atoms with Crippen molar-refractivity contribution >= 4 is 17.4 Å². The molecule has 112 valence electrons. The predicted octanol–water partition coefficient (Wildman–Crippen LogP) is 4.32. The molecule has 0 aliphatic heterocycles. The summed E-state index contributed by atoms with van der Waals surface area (Å²) in [7, 11) is 0. The Balaban J connectivity index is 1.78. The molecule has 2 rings (SSSR count). The second kappa shape index (κ2) is 7.72. The molecule has 20 heavy (non-hydrogen) atoms. The van der Waals surface area contributed by atoms with Crippen LogP contribution in [0.4, 0.5) is 0 Å². The lowest BCUT2D eigenvalue weighted by Gasteiger charge is -2.03. The van der Waals surface area contributed by atoms with E-state index in [2.05, 4.69) is 42.1 Å². The van der Waals surface area contributed by atoms with Gasteiger partial charge in [0.15, 0.2) is 11.5 Å². The number of aryl methyl sites for hydroxylation is 1. The molecule has 2 aromatic rings. The minimum Gasteiger partial charge on any atom is -0.285 e. The van der Waals surface area contributed by atoms with Gasteiger partial charge >= 0.3 is 0 Å². The highest BCUT2D eigenvalue weighted by Crippen LogP contribution is 2.18. The van der Waals surface area contributed by atoms with Gasteiger partial charge in [0.2, 0.25) is 0 Å². The van der Waals surface area contributed by atoms with Gasteiger partial charge in [0.25, 0.3) is 0 Å². The molecule has 4 nitrogen and oxygen atoms in total. The Kier molecular flexibility index (Phi) is 5.95. The lowest BCUT2D eigenvalue weighted by Crippen LogP contribution is -1.96. The summed E-state index contributed by atoms with van der Waals surface area (Å²) in [6.45, 7) is 6.75.